The van der Waals surface area contributed by atoms with Crippen molar-refractivity contribution in [3.05, 3.63) is 0 Å². The molecule has 2 radical (unpaired) electrons. The van der Waals surface area contributed by atoms with Crippen LogP contribution in [0, 0.1) is 156 Å². The van der Waals surface area contributed by atoms with Crippen molar-refractivity contribution in [2.24, 2.45) is 0 Å². The average molecular weight is 1120 g/mol. The maximum Gasteiger partial charge on any atom is 3.00 e. The van der Waals surface area contributed by atoms with Gasteiger partial charge in [-0.05, 0) is 0 Å². The van der Waals surface area contributed by atoms with Gasteiger partial charge in [-0.15, -0.1) is 0 Å². The van der Waals surface area contributed by atoms with E-state index in [9.17, 15) is 0 Å². The van der Waals surface area contributed by atoms with E-state index >= 15 is 0 Å². The number of hydrogen-bond acceptors (Lipinski definition) is 24. The van der Waals surface area contributed by atoms with E-state index in [-0.39, 0.29) is 156 Å². The Labute approximate surface area is 340 Å². The minimum atomic E-state index is -2.19. The molecule has 0 rings (SSSR count). The number of aliphatic carboxylic acids is 12. The van der Waals surface area contributed by atoms with Gasteiger partial charge in [0, 0.05) is 0 Å². The predicted molar refractivity (Wildman–Crippen MR) is 60.1 cm³/mol. The zero-order valence-corrected chi connectivity index (χ0v) is 28.7. The van der Waals surface area contributed by atoms with Gasteiger partial charge < -0.3 is 119 Å². The summed E-state index contributed by atoms with van der Waals surface area (Å²) in [6.07, 6.45) is 0. The van der Waals surface area contributed by atoms with Gasteiger partial charge in [-0.3, -0.25) is 0 Å². The standard InChI is InChI=1S/6C2H2O4.Ce.Gd.La.Tb/c6*3-1(4)2(5)6;;;;/h6*(H,3,4)(H,5,6);;;;/q;;;;;;4*+3/p-12. The minimum absolute atomic E-state index is 0. The summed E-state index contributed by atoms with van der Waals surface area (Å²) in [5.74, 6) is -26.2. The summed E-state index contributed by atoms with van der Waals surface area (Å²) in [6, 6.07) is 0. The quantitative estimate of drug-likeness (QED) is 0.203. The summed E-state index contributed by atoms with van der Waals surface area (Å²) < 4.78 is 0. The Bertz CT molecular complexity index is 642. The third-order valence-electron chi connectivity index (χ3n) is 1.000. The molecule has 0 aliphatic carbocycles. The maximum atomic E-state index is 8.93. The molecule has 0 saturated heterocycles. The van der Waals surface area contributed by atoms with E-state index in [0.29, 0.717) is 0 Å². The predicted octanol–water partition coefficient (Wildman–Crippen LogP) is -21.1. The fraction of sp³-hybridized carbons (Fsp3) is 0. The van der Waals surface area contributed by atoms with Crippen LogP contribution in [0.1, 0.15) is 0 Å². The molecule has 0 aliphatic rings. The minimum Gasteiger partial charge on any atom is -0.543 e. The summed E-state index contributed by atoms with van der Waals surface area (Å²) >= 11 is 0. The molecule has 0 amide bonds. The molecule has 0 spiro atoms. The molecule has 0 N–H and O–H groups in total. The number of hydrogen-bond donors (Lipinski definition) is 0. The third kappa shape index (κ3) is 90.7. The topological polar surface area (TPSA) is 482 Å². The Morgan fingerprint density at radius 2 is 0.275 bits per heavy atom. The molecule has 0 aromatic carbocycles. The molecule has 0 saturated carbocycles. The summed E-state index contributed by atoms with van der Waals surface area (Å²) in [5.41, 5.74) is 0. The van der Waals surface area contributed by atoms with Crippen molar-refractivity contribution in [3.8, 4) is 0 Å². The fourth-order valence-electron chi connectivity index (χ4n) is 0. The second-order valence-electron chi connectivity index (χ2n) is 3.45. The van der Waals surface area contributed by atoms with E-state index in [0.717, 1.165) is 0 Å². The molecular formula is C12CeGdLaO24Tb. The van der Waals surface area contributed by atoms with Crippen molar-refractivity contribution in [2.75, 3.05) is 0 Å². The first-order valence-corrected chi connectivity index (χ1v) is 6.40. The molecular weight excluding hydrogens is 1120 g/mol. The first-order chi connectivity index (χ1) is 15.9. The number of carbonyl (C=O) groups excluding carboxylic acids is 12. The number of carboxylic acid groups (broad SMARTS) is 12. The molecule has 0 unspecified atom stereocenters. The summed E-state index contributed by atoms with van der Waals surface area (Å²) in [5, 5.41) is 107. The van der Waals surface area contributed by atoms with Gasteiger partial charge in [0.05, 0.1) is 71.6 Å². The van der Waals surface area contributed by atoms with Gasteiger partial charge in [0.15, 0.2) is 0 Å². The fourth-order valence-corrected chi connectivity index (χ4v) is 0. The number of rotatable bonds is 0. The van der Waals surface area contributed by atoms with Gasteiger partial charge in [-0.1, -0.05) is 0 Å². The molecule has 0 atom stereocenters. The van der Waals surface area contributed by atoms with Crippen molar-refractivity contribution in [2.45, 2.75) is 0 Å². The molecule has 24 nitrogen and oxygen atoms in total. The Hall–Kier alpha value is -1.18. The largest absolute Gasteiger partial charge is 3.00 e. The second-order valence-corrected chi connectivity index (χ2v) is 3.45. The van der Waals surface area contributed by atoms with E-state index in [2.05, 4.69) is 0 Å². The third-order valence-corrected chi connectivity index (χ3v) is 1.000. The van der Waals surface area contributed by atoms with Gasteiger partial charge in [0.2, 0.25) is 0 Å². The molecule has 40 heavy (non-hydrogen) atoms. The van der Waals surface area contributed by atoms with Crippen LogP contribution in [0.4, 0.5) is 0 Å². The first-order valence-electron chi connectivity index (χ1n) is 6.40. The SMILES string of the molecule is O=C([O-])C(=O)[O-].O=C([O-])C(=O)[O-].O=C([O-])C(=O)[O-].O=C([O-])C(=O)[O-].O=C([O-])C(=O)[O-].O=C([O-])C(=O)[O-].[Ce+3].[Gd+3].[La+3].[Tb+3]. The average Bonchev–Trinajstić information content (AvgIpc) is 2.69. The smallest absolute Gasteiger partial charge is 0.543 e. The zero-order chi connectivity index (χ0) is 30.9. The maximum absolute atomic E-state index is 8.93. The van der Waals surface area contributed by atoms with Gasteiger partial charge in [-0.2, -0.15) is 0 Å². The van der Waals surface area contributed by atoms with Crippen molar-refractivity contribution in [1.82, 2.24) is 0 Å². The van der Waals surface area contributed by atoms with Crippen LogP contribution in [0.3, 0.4) is 0 Å². The first kappa shape index (κ1) is 66.9. The molecule has 0 aromatic rings. The Kier molecular flexibility index (Phi) is 70.7. The second kappa shape index (κ2) is 42.3. The Morgan fingerprint density at radius 1 is 0.250 bits per heavy atom. The van der Waals surface area contributed by atoms with Crippen LogP contribution < -0.4 is 61.3 Å². The number of carbonyl (C=O) groups is 12. The van der Waals surface area contributed by atoms with E-state index in [1.807, 2.05) is 0 Å². The normalized spacial score (nSPS) is 6.60. The Balaban J connectivity index is -0.0000000331. The zero-order valence-electron chi connectivity index (χ0n) is 17.6. The van der Waals surface area contributed by atoms with Gasteiger partial charge in [0.1, 0.15) is 0 Å². The molecule has 0 fully saturated rings. The number of carboxylic acids is 12. The van der Waals surface area contributed by atoms with Gasteiger partial charge in [0.25, 0.3) is 0 Å². The Morgan fingerprint density at radius 3 is 0.275 bits per heavy atom. The van der Waals surface area contributed by atoms with Crippen LogP contribution in [0.25, 0.3) is 0 Å². The molecule has 0 aromatic heterocycles. The van der Waals surface area contributed by atoms with Crippen LogP contribution in [-0.2, 0) is 57.5 Å². The molecule has 0 heterocycles. The monoisotopic (exact) mass is 1120 g/mol. The van der Waals surface area contributed by atoms with Crippen LogP contribution >= 0.6 is 0 Å². The van der Waals surface area contributed by atoms with E-state index in [4.69, 9.17) is 119 Å². The van der Waals surface area contributed by atoms with Crippen molar-refractivity contribution < 1.29 is 275 Å². The van der Waals surface area contributed by atoms with Crippen molar-refractivity contribution in [3.63, 3.8) is 0 Å². The van der Waals surface area contributed by atoms with Crippen molar-refractivity contribution >= 4 is 71.6 Å². The van der Waals surface area contributed by atoms with E-state index in [1.54, 1.807) is 0 Å². The van der Waals surface area contributed by atoms with Crippen LogP contribution in [0.5, 0.6) is 0 Å². The van der Waals surface area contributed by atoms with Crippen LogP contribution in [0.2, 0.25) is 0 Å². The molecule has 216 valence electrons. The molecule has 0 bridgehead atoms. The van der Waals surface area contributed by atoms with Gasteiger partial charge in [-0.25, -0.2) is 0 Å². The van der Waals surface area contributed by atoms with Crippen LogP contribution in [-0.4, -0.2) is 71.6 Å². The van der Waals surface area contributed by atoms with Crippen LogP contribution in [0.15, 0.2) is 0 Å². The van der Waals surface area contributed by atoms with E-state index < -0.39 is 71.6 Å². The summed E-state index contributed by atoms with van der Waals surface area (Å²) in [4.78, 5) is 107. The summed E-state index contributed by atoms with van der Waals surface area (Å²) in [6.45, 7) is 0. The van der Waals surface area contributed by atoms with Gasteiger partial charge >= 0.3 is 156 Å². The molecule has 28 heteroatoms. The summed E-state index contributed by atoms with van der Waals surface area (Å²) in [7, 11) is 0. The van der Waals surface area contributed by atoms with Crippen molar-refractivity contribution in [1.29, 1.82) is 0 Å². The van der Waals surface area contributed by atoms with E-state index in [1.165, 1.54) is 0 Å². The molecule has 0 aliphatic heterocycles.